The number of nitrogens with two attached hydrogens (primary N) is 1. The molecule has 3 amide bonds. The molecule has 7 nitrogen and oxygen atoms in total. The lowest BCUT2D eigenvalue weighted by molar-refractivity contribution is 0.0943. The number of aliphatic hydroxyl groups is 1. The summed E-state index contributed by atoms with van der Waals surface area (Å²) < 4.78 is 1.20. The van der Waals surface area contributed by atoms with E-state index in [1.807, 2.05) is 67.8 Å². The van der Waals surface area contributed by atoms with Gasteiger partial charge in [0.05, 0.1) is 23.3 Å². The normalized spacial score (nSPS) is 10.2. The molecule has 120 valence electrons. The van der Waals surface area contributed by atoms with E-state index in [2.05, 4.69) is 10.6 Å². The highest BCUT2D eigenvalue weighted by Gasteiger charge is 2.29. The minimum atomic E-state index is -0.716. The lowest BCUT2D eigenvalue weighted by Crippen LogP contribution is -2.32. The smallest absolute Gasteiger partial charge is 0.253 e. The number of aliphatic hydroxyl groups excluding tert-OH is 1. The zero-order chi connectivity index (χ0) is 17.0. The Morgan fingerprint density at radius 3 is 1.86 bits per heavy atom. The van der Waals surface area contributed by atoms with Gasteiger partial charge in [0.2, 0.25) is 0 Å². The molecule has 0 fully saturated rings. The predicted molar refractivity (Wildman–Crippen MR) is 106 cm³/mol. The Balaban J connectivity index is 3.69. The molecule has 22 heavy (non-hydrogen) atoms. The molecule has 0 saturated carbocycles. The molecule has 0 aliphatic heterocycles. The van der Waals surface area contributed by atoms with E-state index >= 15 is 0 Å². The van der Waals surface area contributed by atoms with Gasteiger partial charge in [-0.3, -0.25) is 14.4 Å². The lowest BCUT2D eigenvalue weighted by Gasteiger charge is -2.17. The third-order valence-corrected chi connectivity index (χ3v) is 5.88. The second-order valence-electron chi connectivity index (χ2n) is 3.99. The Hall–Kier alpha value is -0.220. The van der Waals surface area contributed by atoms with E-state index in [0.29, 0.717) is 10.7 Å². The number of hydrogen-bond acceptors (Lipinski definition) is 4. The monoisotopic (exact) mass is 643 g/mol. The van der Waals surface area contributed by atoms with Crippen LogP contribution in [0.25, 0.3) is 0 Å². The minimum absolute atomic E-state index is 0.0677. The fourth-order valence-corrected chi connectivity index (χ4v) is 6.34. The molecule has 1 rings (SSSR count). The van der Waals surface area contributed by atoms with Crippen molar-refractivity contribution in [2.45, 2.75) is 0 Å². The van der Waals surface area contributed by atoms with Gasteiger partial charge in [-0.15, -0.1) is 0 Å². The number of carbonyl (C=O) groups is 3. The van der Waals surface area contributed by atoms with E-state index < -0.39 is 17.7 Å². The molecule has 0 heterocycles. The summed E-state index contributed by atoms with van der Waals surface area (Å²) in [5.74, 6) is -1.61. The van der Waals surface area contributed by atoms with E-state index in [1.165, 1.54) is 7.05 Å². The van der Waals surface area contributed by atoms with Crippen molar-refractivity contribution >= 4 is 85.5 Å². The number of nitrogens with one attached hydrogen (secondary N) is 2. The third kappa shape index (κ3) is 4.00. The van der Waals surface area contributed by atoms with Crippen molar-refractivity contribution in [1.29, 1.82) is 0 Å². The van der Waals surface area contributed by atoms with Crippen molar-refractivity contribution in [3.05, 3.63) is 27.4 Å². The summed E-state index contributed by atoms with van der Waals surface area (Å²) in [7, 11) is 1.46. The fourth-order valence-electron chi connectivity index (χ4n) is 1.66. The standard InChI is InChI=1S/C12H12I3N3O4/c1-17-11(21)5-7(13)4(10(16)20)8(14)6(9(5)15)12(22)18-2-3-19/h19H,2-3H2,1H3,(H2,16,20)(H,17,21)(H,18,22). The van der Waals surface area contributed by atoms with Gasteiger partial charge in [-0.25, -0.2) is 0 Å². The van der Waals surface area contributed by atoms with Crippen molar-refractivity contribution in [2.75, 3.05) is 20.2 Å². The van der Waals surface area contributed by atoms with Gasteiger partial charge in [-0.1, -0.05) is 0 Å². The lowest BCUT2D eigenvalue weighted by atomic mass is 10.0. The average Bonchev–Trinajstić information content (AvgIpc) is 2.44. The van der Waals surface area contributed by atoms with Crippen molar-refractivity contribution in [3.8, 4) is 0 Å². The summed E-state index contributed by atoms with van der Waals surface area (Å²) >= 11 is 5.62. The van der Waals surface area contributed by atoms with Crippen LogP contribution in [0.15, 0.2) is 0 Å². The van der Waals surface area contributed by atoms with Crippen LogP contribution in [0.2, 0.25) is 0 Å². The first-order valence-electron chi connectivity index (χ1n) is 5.89. The molecule has 0 radical (unpaired) electrons. The van der Waals surface area contributed by atoms with Crippen LogP contribution in [0.1, 0.15) is 31.1 Å². The van der Waals surface area contributed by atoms with E-state index in [-0.39, 0.29) is 29.8 Å². The van der Waals surface area contributed by atoms with Gasteiger partial charge in [0.1, 0.15) is 0 Å². The number of carbonyl (C=O) groups excluding carboxylic acids is 3. The maximum atomic E-state index is 12.3. The van der Waals surface area contributed by atoms with Crippen molar-refractivity contribution in [1.82, 2.24) is 10.6 Å². The molecule has 0 aliphatic carbocycles. The summed E-state index contributed by atoms with van der Waals surface area (Å²) in [6, 6.07) is 0. The molecule has 1 aromatic rings. The molecular formula is C12H12I3N3O4. The quantitative estimate of drug-likeness (QED) is 0.353. The predicted octanol–water partition coefficient (Wildman–Crippen LogP) is 0.681. The van der Waals surface area contributed by atoms with E-state index in [4.69, 9.17) is 10.8 Å². The second kappa shape index (κ2) is 8.58. The Kier molecular flexibility index (Phi) is 7.73. The van der Waals surface area contributed by atoms with Gasteiger partial charge in [-0.05, 0) is 67.8 Å². The molecule has 0 aliphatic rings. The highest BCUT2D eigenvalue weighted by Crippen LogP contribution is 2.32. The van der Waals surface area contributed by atoms with Crippen LogP contribution < -0.4 is 16.4 Å². The van der Waals surface area contributed by atoms with Crippen molar-refractivity contribution in [3.63, 3.8) is 0 Å². The highest BCUT2D eigenvalue weighted by atomic mass is 127. The first kappa shape index (κ1) is 19.8. The zero-order valence-corrected chi connectivity index (χ0v) is 17.8. The van der Waals surface area contributed by atoms with Crippen LogP contribution in [-0.2, 0) is 0 Å². The number of halogens is 3. The van der Waals surface area contributed by atoms with Gasteiger partial charge in [0, 0.05) is 24.3 Å². The SMILES string of the molecule is CNC(=O)c1c(I)c(C(N)=O)c(I)c(C(=O)NCCO)c1I. The van der Waals surface area contributed by atoms with Crippen LogP contribution in [0.3, 0.4) is 0 Å². The van der Waals surface area contributed by atoms with Crippen molar-refractivity contribution in [2.24, 2.45) is 5.73 Å². The maximum absolute atomic E-state index is 12.3. The zero-order valence-electron chi connectivity index (χ0n) is 11.3. The van der Waals surface area contributed by atoms with Gasteiger partial charge >= 0.3 is 0 Å². The fraction of sp³-hybridized carbons (Fsp3) is 0.250. The Bertz CT molecular complexity index is 649. The first-order chi connectivity index (χ1) is 10.3. The number of rotatable bonds is 5. The van der Waals surface area contributed by atoms with E-state index in [1.54, 1.807) is 0 Å². The van der Waals surface area contributed by atoms with Crippen LogP contribution in [0.5, 0.6) is 0 Å². The Morgan fingerprint density at radius 1 is 1.00 bits per heavy atom. The van der Waals surface area contributed by atoms with Gasteiger partial charge in [0.15, 0.2) is 0 Å². The number of benzene rings is 1. The molecule has 0 aromatic heterocycles. The molecular weight excluding hydrogens is 631 g/mol. The average molecular weight is 643 g/mol. The molecule has 0 saturated heterocycles. The molecule has 10 heteroatoms. The summed E-state index contributed by atoms with van der Waals surface area (Å²) in [5, 5.41) is 13.8. The summed E-state index contributed by atoms with van der Waals surface area (Å²) in [6.45, 7) is -0.146. The Morgan fingerprint density at radius 2 is 1.45 bits per heavy atom. The molecule has 0 atom stereocenters. The minimum Gasteiger partial charge on any atom is -0.395 e. The third-order valence-electron chi connectivity index (χ3n) is 2.64. The molecule has 0 spiro atoms. The number of primary amides is 1. The largest absolute Gasteiger partial charge is 0.395 e. The van der Waals surface area contributed by atoms with Gasteiger partial charge < -0.3 is 21.5 Å². The molecule has 5 N–H and O–H groups in total. The summed E-state index contributed by atoms with van der Waals surface area (Å²) in [4.78, 5) is 36.1. The number of hydrogen-bond donors (Lipinski definition) is 4. The molecule has 0 unspecified atom stereocenters. The van der Waals surface area contributed by atoms with E-state index in [0.717, 1.165) is 0 Å². The summed E-state index contributed by atoms with van der Waals surface area (Å²) in [5.41, 5.74) is 5.95. The second-order valence-corrected chi connectivity index (χ2v) is 7.23. The number of amides is 3. The van der Waals surface area contributed by atoms with E-state index in [9.17, 15) is 14.4 Å². The highest BCUT2D eigenvalue weighted by molar-refractivity contribution is 14.1. The summed E-state index contributed by atoms with van der Waals surface area (Å²) in [6.07, 6.45) is 0. The first-order valence-corrected chi connectivity index (χ1v) is 9.12. The Labute approximate surface area is 167 Å². The topological polar surface area (TPSA) is 122 Å². The van der Waals surface area contributed by atoms with Crippen LogP contribution in [0.4, 0.5) is 0 Å². The van der Waals surface area contributed by atoms with Gasteiger partial charge in [0.25, 0.3) is 17.7 Å². The molecule has 0 bridgehead atoms. The maximum Gasteiger partial charge on any atom is 0.253 e. The van der Waals surface area contributed by atoms with Crippen LogP contribution >= 0.6 is 67.8 Å². The van der Waals surface area contributed by atoms with Crippen LogP contribution in [-0.4, -0.2) is 43.0 Å². The van der Waals surface area contributed by atoms with Gasteiger partial charge in [-0.2, -0.15) is 0 Å². The van der Waals surface area contributed by atoms with Crippen LogP contribution in [0, 0.1) is 10.7 Å². The molecule has 1 aromatic carbocycles. The van der Waals surface area contributed by atoms with Crippen molar-refractivity contribution < 1.29 is 19.5 Å².